The molecule has 0 spiro atoms. The van der Waals surface area contributed by atoms with Crippen molar-refractivity contribution in [2.45, 2.75) is 18.9 Å². The predicted octanol–water partition coefficient (Wildman–Crippen LogP) is -0.448. The highest BCUT2D eigenvalue weighted by Gasteiger charge is 2.25. The first-order valence-corrected chi connectivity index (χ1v) is 7.48. The fourth-order valence-electron chi connectivity index (χ4n) is 2.66. The van der Waals surface area contributed by atoms with Crippen LogP contribution in [0.5, 0.6) is 0 Å². The van der Waals surface area contributed by atoms with Gasteiger partial charge in [-0.2, -0.15) is 0 Å². The van der Waals surface area contributed by atoms with Crippen molar-refractivity contribution in [3.63, 3.8) is 0 Å². The molecule has 2 rings (SSSR count). The molecule has 0 saturated carbocycles. The molecule has 0 atom stereocenters. The molecule has 0 aromatic heterocycles. The number of nitrogens with one attached hydrogen (secondary N) is 2. The van der Waals surface area contributed by atoms with Gasteiger partial charge in [-0.25, -0.2) is 0 Å². The number of hydrogen-bond acceptors (Lipinski definition) is 2. The van der Waals surface area contributed by atoms with Crippen LogP contribution in [0.15, 0.2) is 30.3 Å². The highest BCUT2D eigenvalue weighted by Crippen LogP contribution is 2.07. The first-order valence-electron chi connectivity index (χ1n) is 7.48. The van der Waals surface area contributed by atoms with Gasteiger partial charge in [0, 0.05) is 31.5 Å². The third-order valence-corrected chi connectivity index (χ3v) is 4.19. The summed E-state index contributed by atoms with van der Waals surface area (Å²) in [4.78, 5) is 27.4. The maximum absolute atomic E-state index is 12.2. The molecule has 2 N–H and O–H groups in total. The molecule has 1 aromatic carbocycles. The minimum absolute atomic E-state index is 0.0242. The average molecular weight is 290 g/mol. The van der Waals surface area contributed by atoms with Crippen LogP contribution in [0.25, 0.3) is 0 Å². The van der Waals surface area contributed by atoms with Crippen LogP contribution < -0.4 is 10.2 Å². The number of nitrogens with zero attached hydrogens (tertiary/aromatic N) is 1. The van der Waals surface area contributed by atoms with E-state index in [1.807, 2.05) is 25.2 Å². The molecule has 0 aliphatic carbocycles. The topological polar surface area (TPSA) is 53.9 Å². The minimum Gasteiger partial charge on any atom is -0.343 e. The molecular weight excluding hydrogens is 266 g/mol. The standard InChI is InChI=1S/C16H23N3O2/c1-18-10-8-14(9-11-18)19(2)15(20)12-17-16(21)13-6-4-3-5-7-13/h3-7,14H,8-12H2,1-2H3,(H,17,21)/p+1. The molecule has 1 aliphatic heterocycles. The fraction of sp³-hybridized carbons (Fsp3) is 0.500. The minimum atomic E-state index is -0.204. The van der Waals surface area contributed by atoms with E-state index in [9.17, 15) is 9.59 Å². The molecule has 0 bridgehead atoms. The summed E-state index contributed by atoms with van der Waals surface area (Å²) in [5.74, 6) is -0.228. The van der Waals surface area contributed by atoms with E-state index < -0.39 is 0 Å². The number of amides is 2. The zero-order chi connectivity index (χ0) is 15.2. The van der Waals surface area contributed by atoms with Gasteiger partial charge < -0.3 is 15.1 Å². The quantitative estimate of drug-likeness (QED) is 0.789. The first kappa shape index (κ1) is 15.5. The number of carbonyl (C=O) groups excluding carboxylic acids is 2. The Morgan fingerprint density at radius 2 is 1.86 bits per heavy atom. The van der Waals surface area contributed by atoms with E-state index in [1.54, 1.807) is 17.0 Å². The second-order valence-corrected chi connectivity index (χ2v) is 5.74. The van der Waals surface area contributed by atoms with Crippen LogP contribution in [0.4, 0.5) is 0 Å². The number of hydrogen-bond donors (Lipinski definition) is 2. The number of carbonyl (C=O) groups is 2. The van der Waals surface area contributed by atoms with Crippen LogP contribution in [-0.2, 0) is 4.79 Å². The summed E-state index contributed by atoms with van der Waals surface area (Å²) in [5.41, 5.74) is 0.579. The lowest BCUT2D eigenvalue weighted by atomic mass is 10.0. The maximum atomic E-state index is 12.2. The monoisotopic (exact) mass is 290 g/mol. The number of rotatable bonds is 4. The Balaban J connectivity index is 1.80. The van der Waals surface area contributed by atoms with Gasteiger partial charge in [0.15, 0.2) is 0 Å². The molecule has 0 radical (unpaired) electrons. The van der Waals surface area contributed by atoms with Crippen molar-refractivity contribution in [3.8, 4) is 0 Å². The van der Waals surface area contributed by atoms with Crippen LogP contribution in [0.1, 0.15) is 23.2 Å². The van der Waals surface area contributed by atoms with Gasteiger partial charge in [-0.1, -0.05) is 18.2 Å². The number of likely N-dealkylation sites (N-methyl/N-ethyl adjacent to an activating group) is 1. The Morgan fingerprint density at radius 3 is 2.48 bits per heavy atom. The summed E-state index contributed by atoms with van der Waals surface area (Å²) < 4.78 is 0. The molecular formula is C16H24N3O2+. The third kappa shape index (κ3) is 4.29. The van der Waals surface area contributed by atoms with Crippen LogP contribution in [0.3, 0.4) is 0 Å². The van der Waals surface area contributed by atoms with Crippen LogP contribution in [0, 0.1) is 0 Å². The molecule has 1 aromatic rings. The summed E-state index contributed by atoms with van der Waals surface area (Å²) >= 11 is 0. The second-order valence-electron chi connectivity index (χ2n) is 5.74. The summed E-state index contributed by atoms with van der Waals surface area (Å²) in [5, 5.41) is 2.69. The van der Waals surface area contributed by atoms with Crippen molar-refractivity contribution in [3.05, 3.63) is 35.9 Å². The molecule has 5 nitrogen and oxygen atoms in total. The van der Waals surface area contributed by atoms with Gasteiger partial charge in [-0.05, 0) is 12.1 Å². The van der Waals surface area contributed by atoms with Crippen LogP contribution in [0.2, 0.25) is 0 Å². The third-order valence-electron chi connectivity index (χ3n) is 4.19. The van der Waals surface area contributed by atoms with E-state index >= 15 is 0 Å². The van der Waals surface area contributed by atoms with Crippen molar-refractivity contribution < 1.29 is 14.5 Å². The molecule has 1 heterocycles. The smallest absolute Gasteiger partial charge is 0.251 e. The molecule has 114 valence electrons. The van der Waals surface area contributed by atoms with Gasteiger partial charge in [0.05, 0.1) is 26.7 Å². The van der Waals surface area contributed by atoms with Gasteiger partial charge in [0.25, 0.3) is 5.91 Å². The predicted molar refractivity (Wildman–Crippen MR) is 81.2 cm³/mol. The zero-order valence-corrected chi connectivity index (χ0v) is 12.8. The Bertz CT molecular complexity index is 482. The molecule has 5 heteroatoms. The van der Waals surface area contributed by atoms with E-state index in [-0.39, 0.29) is 18.4 Å². The van der Waals surface area contributed by atoms with E-state index in [2.05, 4.69) is 12.4 Å². The lowest BCUT2D eigenvalue weighted by Gasteiger charge is -2.33. The molecule has 21 heavy (non-hydrogen) atoms. The Kier molecular flexibility index (Phi) is 5.33. The zero-order valence-electron chi connectivity index (χ0n) is 12.8. The summed E-state index contributed by atoms with van der Waals surface area (Å²) in [6, 6.07) is 9.26. The van der Waals surface area contributed by atoms with E-state index in [1.165, 1.54) is 4.90 Å². The number of benzene rings is 1. The second kappa shape index (κ2) is 7.22. The van der Waals surface area contributed by atoms with Crippen molar-refractivity contribution in [1.82, 2.24) is 10.2 Å². The van der Waals surface area contributed by atoms with Gasteiger partial charge in [0.1, 0.15) is 0 Å². The van der Waals surface area contributed by atoms with Gasteiger partial charge >= 0.3 is 0 Å². The Hall–Kier alpha value is -1.88. The number of piperidine rings is 1. The van der Waals surface area contributed by atoms with Crippen molar-refractivity contribution in [2.75, 3.05) is 33.7 Å². The first-order chi connectivity index (χ1) is 10.1. The molecule has 2 amide bonds. The Labute approximate surface area is 125 Å². The molecule has 1 fully saturated rings. The highest BCUT2D eigenvalue weighted by atomic mass is 16.2. The summed E-state index contributed by atoms with van der Waals surface area (Å²) in [7, 11) is 4.01. The van der Waals surface area contributed by atoms with Crippen molar-refractivity contribution in [2.24, 2.45) is 0 Å². The van der Waals surface area contributed by atoms with Crippen molar-refractivity contribution >= 4 is 11.8 Å². The van der Waals surface area contributed by atoms with Crippen molar-refractivity contribution in [1.29, 1.82) is 0 Å². The lowest BCUT2D eigenvalue weighted by molar-refractivity contribution is -0.885. The van der Waals surface area contributed by atoms with Gasteiger partial charge in [0.2, 0.25) is 5.91 Å². The highest BCUT2D eigenvalue weighted by molar-refractivity contribution is 5.96. The fourth-order valence-corrected chi connectivity index (χ4v) is 2.66. The molecule has 1 aliphatic rings. The van der Waals surface area contributed by atoms with E-state index in [0.29, 0.717) is 11.6 Å². The van der Waals surface area contributed by atoms with E-state index in [4.69, 9.17) is 0 Å². The number of quaternary nitrogens is 1. The largest absolute Gasteiger partial charge is 0.343 e. The summed E-state index contributed by atoms with van der Waals surface area (Å²) in [6.45, 7) is 2.25. The Morgan fingerprint density at radius 1 is 1.24 bits per heavy atom. The summed E-state index contributed by atoms with van der Waals surface area (Å²) in [6.07, 6.45) is 2.06. The van der Waals surface area contributed by atoms with Gasteiger partial charge in [-0.15, -0.1) is 0 Å². The number of likely N-dealkylation sites (tertiary alicyclic amines) is 1. The molecule has 1 saturated heterocycles. The maximum Gasteiger partial charge on any atom is 0.251 e. The van der Waals surface area contributed by atoms with Crippen LogP contribution >= 0.6 is 0 Å². The average Bonchev–Trinajstić information content (AvgIpc) is 2.53. The normalized spacial score (nSPS) is 21.6. The van der Waals surface area contributed by atoms with Crippen LogP contribution in [-0.4, -0.2) is 56.5 Å². The molecule has 0 unspecified atom stereocenters. The SMILES string of the molecule is CN(C(=O)CNC(=O)c1ccccc1)C1CC[NH+](C)CC1. The van der Waals surface area contributed by atoms with E-state index in [0.717, 1.165) is 25.9 Å². The van der Waals surface area contributed by atoms with Gasteiger partial charge in [-0.3, -0.25) is 9.59 Å². The lowest BCUT2D eigenvalue weighted by Crippen LogP contribution is -3.10.